The minimum atomic E-state index is -0.330. The van der Waals surface area contributed by atoms with Gasteiger partial charge in [-0.05, 0) is 35.0 Å². The molecule has 1 aromatic carbocycles. The summed E-state index contributed by atoms with van der Waals surface area (Å²) >= 11 is 3.45. The van der Waals surface area contributed by atoms with E-state index in [4.69, 9.17) is 9.47 Å². The molecular weight excluding hydrogens is 322 g/mol. The number of rotatable bonds is 9. The molecule has 1 N–H and O–H groups in total. The highest BCUT2D eigenvalue weighted by molar-refractivity contribution is 9.10. The molecule has 0 atom stereocenters. The molecular formula is C15H22BrNO3. The highest BCUT2D eigenvalue weighted by atomic mass is 79.9. The third kappa shape index (κ3) is 5.92. The highest BCUT2D eigenvalue weighted by Crippen LogP contribution is 2.29. The second-order valence-electron chi connectivity index (χ2n) is 4.37. The second-order valence-corrected chi connectivity index (χ2v) is 5.23. The first-order chi connectivity index (χ1) is 9.69. The van der Waals surface area contributed by atoms with Crippen molar-refractivity contribution in [2.45, 2.75) is 33.2 Å². The largest absolute Gasteiger partial charge is 0.480 e. The molecule has 0 aliphatic rings. The maximum Gasteiger partial charge on any atom is 0.344 e. The molecule has 0 aliphatic carbocycles. The second kappa shape index (κ2) is 9.77. The van der Waals surface area contributed by atoms with Crippen molar-refractivity contribution in [1.82, 2.24) is 5.32 Å². The van der Waals surface area contributed by atoms with E-state index in [0.717, 1.165) is 29.4 Å². The van der Waals surface area contributed by atoms with Gasteiger partial charge in [0.1, 0.15) is 5.75 Å². The van der Waals surface area contributed by atoms with Crippen LogP contribution in [0.5, 0.6) is 5.75 Å². The molecule has 0 saturated heterocycles. The minimum absolute atomic E-state index is 0.0640. The molecule has 0 spiro atoms. The molecule has 0 bridgehead atoms. The van der Waals surface area contributed by atoms with Gasteiger partial charge >= 0.3 is 5.97 Å². The van der Waals surface area contributed by atoms with Gasteiger partial charge in [0.25, 0.3) is 0 Å². The van der Waals surface area contributed by atoms with Crippen molar-refractivity contribution < 1.29 is 14.3 Å². The predicted octanol–water partition coefficient (Wildman–Crippen LogP) is 3.28. The molecule has 0 fully saturated rings. The number of carbonyl (C=O) groups excluding carboxylic acids is 1. The van der Waals surface area contributed by atoms with Crippen LogP contribution in [0.3, 0.4) is 0 Å². The molecule has 20 heavy (non-hydrogen) atoms. The van der Waals surface area contributed by atoms with Crippen LogP contribution in [0.4, 0.5) is 0 Å². The molecule has 0 radical (unpaired) electrons. The standard InChI is InChI=1S/C15H22BrNO3/c1-3-5-9-19-14(18)11-20-15-12(10-17-4-2)7-6-8-13(15)16/h6-8,17H,3-5,9-11H2,1-2H3. The Bertz CT molecular complexity index is 424. The molecule has 1 rings (SSSR count). The molecule has 112 valence electrons. The average Bonchev–Trinajstić information content (AvgIpc) is 2.44. The molecule has 0 amide bonds. The van der Waals surface area contributed by atoms with E-state index in [1.807, 2.05) is 25.1 Å². The fourth-order valence-electron chi connectivity index (χ4n) is 1.62. The Morgan fingerprint density at radius 1 is 1.35 bits per heavy atom. The van der Waals surface area contributed by atoms with Gasteiger partial charge in [0.05, 0.1) is 11.1 Å². The Labute approximate surface area is 129 Å². The minimum Gasteiger partial charge on any atom is -0.480 e. The van der Waals surface area contributed by atoms with Gasteiger partial charge in [-0.25, -0.2) is 4.79 Å². The van der Waals surface area contributed by atoms with Crippen LogP contribution in [0.15, 0.2) is 22.7 Å². The zero-order valence-corrected chi connectivity index (χ0v) is 13.7. The van der Waals surface area contributed by atoms with Crippen molar-refractivity contribution >= 4 is 21.9 Å². The summed E-state index contributed by atoms with van der Waals surface area (Å²) in [7, 11) is 0. The van der Waals surface area contributed by atoms with Crippen LogP contribution < -0.4 is 10.1 Å². The Morgan fingerprint density at radius 2 is 2.15 bits per heavy atom. The van der Waals surface area contributed by atoms with E-state index in [0.29, 0.717) is 18.9 Å². The highest BCUT2D eigenvalue weighted by Gasteiger charge is 2.10. The monoisotopic (exact) mass is 343 g/mol. The lowest BCUT2D eigenvalue weighted by Crippen LogP contribution is -2.18. The van der Waals surface area contributed by atoms with Crippen LogP contribution >= 0.6 is 15.9 Å². The molecule has 1 aromatic rings. The quantitative estimate of drug-likeness (QED) is 0.552. The van der Waals surface area contributed by atoms with Crippen LogP contribution in [0.1, 0.15) is 32.3 Å². The fourth-order valence-corrected chi connectivity index (χ4v) is 2.14. The van der Waals surface area contributed by atoms with Crippen LogP contribution in [0.25, 0.3) is 0 Å². The van der Waals surface area contributed by atoms with Crippen LogP contribution in [-0.2, 0) is 16.1 Å². The van der Waals surface area contributed by atoms with E-state index in [1.165, 1.54) is 0 Å². The lowest BCUT2D eigenvalue weighted by Gasteiger charge is -2.13. The predicted molar refractivity (Wildman–Crippen MR) is 82.9 cm³/mol. The summed E-state index contributed by atoms with van der Waals surface area (Å²) in [6, 6.07) is 5.82. The third-order valence-electron chi connectivity index (χ3n) is 2.71. The lowest BCUT2D eigenvalue weighted by molar-refractivity contribution is -0.146. The van der Waals surface area contributed by atoms with Gasteiger partial charge in [-0.15, -0.1) is 0 Å². The topological polar surface area (TPSA) is 47.6 Å². The maximum absolute atomic E-state index is 11.5. The lowest BCUT2D eigenvalue weighted by atomic mass is 10.2. The SMILES string of the molecule is CCCCOC(=O)COc1c(Br)cccc1CNCC. The number of benzene rings is 1. The average molecular weight is 344 g/mol. The summed E-state index contributed by atoms with van der Waals surface area (Å²) in [5, 5.41) is 3.24. The summed E-state index contributed by atoms with van der Waals surface area (Å²) in [5.74, 6) is 0.365. The summed E-state index contributed by atoms with van der Waals surface area (Å²) < 4.78 is 11.5. The Balaban J connectivity index is 2.55. The Hall–Kier alpha value is -1.07. The maximum atomic E-state index is 11.5. The van der Waals surface area contributed by atoms with Gasteiger partial charge in [0, 0.05) is 12.1 Å². The number of esters is 1. The number of ether oxygens (including phenoxy) is 2. The molecule has 0 unspecified atom stereocenters. The molecule has 0 saturated carbocycles. The zero-order chi connectivity index (χ0) is 14.8. The van der Waals surface area contributed by atoms with Gasteiger partial charge in [-0.2, -0.15) is 0 Å². The molecule has 4 nitrogen and oxygen atoms in total. The van der Waals surface area contributed by atoms with Gasteiger partial charge < -0.3 is 14.8 Å². The van der Waals surface area contributed by atoms with Gasteiger partial charge in [0.2, 0.25) is 0 Å². The van der Waals surface area contributed by atoms with Crippen LogP contribution in [-0.4, -0.2) is 25.7 Å². The van der Waals surface area contributed by atoms with E-state index < -0.39 is 0 Å². The first-order valence-corrected chi connectivity index (χ1v) is 7.74. The smallest absolute Gasteiger partial charge is 0.344 e. The van der Waals surface area contributed by atoms with Crippen molar-refractivity contribution in [3.05, 3.63) is 28.2 Å². The van der Waals surface area contributed by atoms with Crippen molar-refractivity contribution in [2.75, 3.05) is 19.8 Å². The van der Waals surface area contributed by atoms with E-state index in [1.54, 1.807) is 0 Å². The molecule has 0 aliphatic heterocycles. The number of halogens is 1. The summed E-state index contributed by atoms with van der Waals surface area (Å²) in [6.07, 6.45) is 1.89. The van der Waals surface area contributed by atoms with Crippen molar-refractivity contribution in [1.29, 1.82) is 0 Å². The van der Waals surface area contributed by atoms with E-state index in [2.05, 4.69) is 28.2 Å². The molecule has 0 aromatic heterocycles. The number of unbranched alkanes of at least 4 members (excludes halogenated alkanes) is 1. The molecule has 0 heterocycles. The van der Waals surface area contributed by atoms with Crippen LogP contribution in [0, 0.1) is 0 Å². The summed E-state index contributed by atoms with van der Waals surface area (Å²) in [6.45, 7) is 6.08. The van der Waals surface area contributed by atoms with Gasteiger partial charge in [0.15, 0.2) is 6.61 Å². The number of carbonyl (C=O) groups is 1. The fraction of sp³-hybridized carbons (Fsp3) is 0.533. The first kappa shape index (κ1) is 17.0. The number of hydrogen-bond donors (Lipinski definition) is 1. The summed E-state index contributed by atoms with van der Waals surface area (Å²) in [5.41, 5.74) is 1.02. The third-order valence-corrected chi connectivity index (χ3v) is 3.33. The van der Waals surface area contributed by atoms with E-state index in [9.17, 15) is 4.79 Å². The normalized spacial score (nSPS) is 10.3. The van der Waals surface area contributed by atoms with Crippen molar-refractivity contribution in [2.24, 2.45) is 0 Å². The number of hydrogen-bond acceptors (Lipinski definition) is 4. The van der Waals surface area contributed by atoms with E-state index in [-0.39, 0.29) is 12.6 Å². The summed E-state index contributed by atoms with van der Waals surface area (Å²) in [4.78, 5) is 11.5. The molecule has 5 heteroatoms. The Morgan fingerprint density at radius 3 is 2.85 bits per heavy atom. The van der Waals surface area contributed by atoms with E-state index >= 15 is 0 Å². The van der Waals surface area contributed by atoms with Gasteiger partial charge in [-0.3, -0.25) is 0 Å². The number of para-hydroxylation sites is 1. The van der Waals surface area contributed by atoms with Crippen molar-refractivity contribution in [3.8, 4) is 5.75 Å². The Kier molecular flexibility index (Phi) is 8.30. The zero-order valence-electron chi connectivity index (χ0n) is 12.1. The van der Waals surface area contributed by atoms with Crippen molar-refractivity contribution in [3.63, 3.8) is 0 Å². The first-order valence-electron chi connectivity index (χ1n) is 6.95. The van der Waals surface area contributed by atoms with Gasteiger partial charge in [-0.1, -0.05) is 32.4 Å². The van der Waals surface area contributed by atoms with Crippen LogP contribution in [0.2, 0.25) is 0 Å². The number of nitrogens with one attached hydrogen (secondary N) is 1.